The lowest BCUT2D eigenvalue weighted by Crippen LogP contribution is -1.89. The largest absolute Gasteiger partial charge is 0.433 e. The van der Waals surface area contributed by atoms with Crippen LogP contribution in [0.3, 0.4) is 0 Å². The predicted octanol–water partition coefficient (Wildman–Crippen LogP) is 1.66. The summed E-state index contributed by atoms with van der Waals surface area (Å²) < 4.78 is 6.97. The third-order valence-electron chi connectivity index (χ3n) is 1.52. The Morgan fingerprint density at radius 1 is 1.36 bits per heavy atom. The Morgan fingerprint density at radius 3 is 2.79 bits per heavy atom. The highest BCUT2D eigenvalue weighted by Gasteiger charge is 2.05. The van der Waals surface area contributed by atoms with Gasteiger partial charge in [0.05, 0.1) is 12.4 Å². The van der Waals surface area contributed by atoms with Crippen molar-refractivity contribution in [3.8, 4) is 11.6 Å². The Balaban J connectivity index is 2.23. The average molecular weight is 211 g/mol. The number of aromatic nitrogens is 4. The Morgan fingerprint density at radius 2 is 2.14 bits per heavy atom. The number of hydrogen-bond donors (Lipinski definition) is 0. The lowest BCUT2D eigenvalue weighted by molar-refractivity contribution is 0.460. The normalized spacial score (nSPS) is 10.1. The lowest BCUT2D eigenvalue weighted by Gasteiger charge is -2.00. The second-order valence-electron chi connectivity index (χ2n) is 2.60. The van der Waals surface area contributed by atoms with Crippen molar-refractivity contribution in [3.05, 3.63) is 29.9 Å². The Kier molecular flexibility index (Phi) is 2.32. The second kappa shape index (κ2) is 3.63. The predicted molar refractivity (Wildman–Crippen MR) is 50.3 cm³/mol. The van der Waals surface area contributed by atoms with Crippen LogP contribution in [0.4, 0.5) is 0 Å². The van der Waals surface area contributed by atoms with Crippen molar-refractivity contribution in [1.82, 2.24) is 19.7 Å². The minimum atomic E-state index is 0.233. The van der Waals surface area contributed by atoms with Gasteiger partial charge in [0.25, 0.3) is 5.88 Å². The molecule has 2 aromatic rings. The van der Waals surface area contributed by atoms with E-state index < -0.39 is 0 Å². The molecule has 0 fully saturated rings. The van der Waals surface area contributed by atoms with Gasteiger partial charge < -0.3 is 4.74 Å². The van der Waals surface area contributed by atoms with Gasteiger partial charge >= 0.3 is 0 Å². The lowest BCUT2D eigenvalue weighted by atomic mass is 10.6. The first-order valence-corrected chi connectivity index (χ1v) is 4.26. The Bertz CT molecular complexity index is 442. The molecule has 0 saturated heterocycles. The van der Waals surface area contributed by atoms with Crippen LogP contribution in [-0.4, -0.2) is 19.7 Å². The van der Waals surface area contributed by atoms with Crippen LogP contribution in [0.15, 0.2) is 24.8 Å². The molecular weight excluding hydrogens is 204 g/mol. The van der Waals surface area contributed by atoms with Gasteiger partial charge in [0.2, 0.25) is 0 Å². The highest BCUT2D eigenvalue weighted by atomic mass is 35.5. The maximum atomic E-state index is 5.76. The molecule has 0 aliphatic rings. The first-order valence-electron chi connectivity index (χ1n) is 3.89. The Hall–Kier alpha value is -1.62. The fourth-order valence-corrected chi connectivity index (χ4v) is 1.08. The van der Waals surface area contributed by atoms with Gasteiger partial charge in [-0.25, -0.2) is 9.97 Å². The van der Waals surface area contributed by atoms with Crippen LogP contribution in [-0.2, 0) is 7.05 Å². The third kappa shape index (κ3) is 1.82. The third-order valence-corrected chi connectivity index (χ3v) is 1.78. The van der Waals surface area contributed by atoms with Gasteiger partial charge in [-0.2, -0.15) is 5.10 Å². The zero-order valence-electron chi connectivity index (χ0n) is 7.38. The van der Waals surface area contributed by atoms with E-state index in [0.29, 0.717) is 5.75 Å². The van der Waals surface area contributed by atoms with E-state index in [4.69, 9.17) is 16.3 Å². The van der Waals surface area contributed by atoms with Gasteiger partial charge in [-0.3, -0.25) is 4.68 Å². The molecule has 72 valence electrons. The van der Waals surface area contributed by atoms with Gasteiger partial charge in [0.1, 0.15) is 0 Å². The van der Waals surface area contributed by atoms with Crippen LogP contribution < -0.4 is 4.74 Å². The van der Waals surface area contributed by atoms with Crippen LogP contribution in [0, 0.1) is 0 Å². The van der Waals surface area contributed by atoms with Crippen molar-refractivity contribution in [1.29, 1.82) is 0 Å². The summed E-state index contributed by atoms with van der Waals surface area (Å²) in [4.78, 5) is 7.76. The summed E-state index contributed by atoms with van der Waals surface area (Å²) in [7, 11) is 1.80. The summed E-state index contributed by atoms with van der Waals surface area (Å²) >= 11 is 5.76. The van der Waals surface area contributed by atoms with Crippen molar-refractivity contribution < 1.29 is 4.74 Å². The molecule has 0 radical (unpaired) electrons. The van der Waals surface area contributed by atoms with Crippen molar-refractivity contribution in [3.63, 3.8) is 0 Å². The van der Waals surface area contributed by atoms with Gasteiger partial charge in [-0.15, -0.1) is 0 Å². The SMILES string of the molecule is Cn1cc(Oc2nccnc2Cl)cn1. The number of rotatable bonds is 2. The van der Waals surface area contributed by atoms with Crippen LogP contribution >= 0.6 is 11.6 Å². The first kappa shape index (κ1) is 8.96. The fourth-order valence-electron chi connectivity index (χ4n) is 0.940. The molecule has 2 aromatic heterocycles. The van der Waals surface area contributed by atoms with E-state index in [2.05, 4.69) is 15.1 Å². The van der Waals surface area contributed by atoms with Crippen LogP contribution in [0.2, 0.25) is 5.15 Å². The van der Waals surface area contributed by atoms with E-state index in [9.17, 15) is 0 Å². The molecular formula is C8H7ClN4O. The van der Waals surface area contributed by atoms with E-state index in [1.807, 2.05) is 0 Å². The van der Waals surface area contributed by atoms with E-state index in [-0.39, 0.29) is 11.0 Å². The molecule has 0 unspecified atom stereocenters. The molecule has 0 atom stereocenters. The monoisotopic (exact) mass is 210 g/mol. The number of halogens is 1. The maximum absolute atomic E-state index is 5.76. The molecule has 0 aliphatic heterocycles. The minimum Gasteiger partial charge on any atom is -0.433 e. The topological polar surface area (TPSA) is 52.8 Å². The molecule has 0 bridgehead atoms. The standard InChI is InChI=1S/C8H7ClN4O/c1-13-5-6(4-12-13)14-8-7(9)10-2-3-11-8/h2-5H,1H3. The molecule has 0 amide bonds. The molecule has 14 heavy (non-hydrogen) atoms. The van der Waals surface area contributed by atoms with Crippen molar-refractivity contribution in [2.24, 2.45) is 7.05 Å². The van der Waals surface area contributed by atoms with Crippen LogP contribution in [0.25, 0.3) is 0 Å². The van der Waals surface area contributed by atoms with E-state index in [1.165, 1.54) is 12.4 Å². The zero-order valence-corrected chi connectivity index (χ0v) is 8.14. The molecule has 0 spiro atoms. The van der Waals surface area contributed by atoms with Gasteiger partial charge in [0, 0.05) is 19.4 Å². The second-order valence-corrected chi connectivity index (χ2v) is 2.96. The van der Waals surface area contributed by atoms with Gasteiger partial charge in [-0.05, 0) is 0 Å². The van der Waals surface area contributed by atoms with E-state index in [1.54, 1.807) is 24.1 Å². The van der Waals surface area contributed by atoms with E-state index >= 15 is 0 Å². The summed E-state index contributed by atoms with van der Waals surface area (Å²) in [6, 6.07) is 0. The van der Waals surface area contributed by atoms with Gasteiger partial charge in [-0.1, -0.05) is 11.6 Å². The number of hydrogen-bond acceptors (Lipinski definition) is 4. The molecule has 0 saturated carbocycles. The number of nitrogens with zero attached hydrogens (tertiary/aromatic N) is 4. The zero-order chi connectivity index (χ0) is 9.97. The Labute approximate surface area is 85.3 Å². The molecule has 5 nitrogen and oxygen atoms in total. The highest BCUT2D eigenvalue weighted by molar-refractivity contribution is 6.30. The summed E-state index contributed by atoms with van der Waals surface area (Å²) in [6.45, 7) is 0. The van der Waals surface area contributed by atoms with Gasteiger partial charge in [0.15, 0.2) is 10.9 Å². The average Bonchev–Trinajstić information content (AvgIpc) is 2.56. The summed E-state index contributed by atoms with van der Waals surface area (Å²) in [5, 5.41) is 4.18. The number of aryl methyl sites for hydroxylation is 1. The summed E-state index contributed by atoms with van der Waals surface area (Å²) in [5.41, 5.74) is 0. The molecule has 2 rings (SSSR count). The van der Waals surface area contributed by atoms with Crippen LogP contribution in [0.1, 0.15) is 0 Å². The van der Waals surface area contributed by atoms with Crippen molar-refractivity contribution in [2.75, 3.05) is 0 Å². The van der Waals surface area contributed by atoms with Crippen LogP contribution in [0.5, 0.6) is 11.6 Å². The highest BCUT2D eigenvalue weighted by Crippen LogP contribution is 2.23. The smallest absolute Gasteiger partial charge is 0.257 e. The fraction of sp³-hybridized carbons (Fsp3) is 0.125. The van der Waals surface area contributed by atoms with Crippen molar-refractivity contribution in [2.45, 2.75) is 0 Å². The summed E-state index contributed by atoms with van der Waals surface area (Å²) in [5.74, 6) is 0.858. The molecule has 2 heterocycles. The quantitative estimate of drug-likeness (QED) is 0.757. The van der Waals surface area contributed by atoms with Crippen molar-refractivity contribution >= 4 is 11.6 Å². The maximum Gasteiger partial charge on any atom is 0.257 e. The van der Waals surface area contributed by atoms with E-state index in [0.717, 1.165) is 0 Å². The first-order chi connectivity index (χ1) is 6.75. The number of ether oxygens (including phenoxy) is 1. The molecule has 0 N–H and O–H groups in total. The minimum absolute atomic E-state index is 0.233. The molecule has 6 heteroatoms. The molecule has 0 aliphatic carbocycles. The molecule has 0 aromatic carbocycles. The summed E-state index contributed by atoms with van der Waals surface area (Å²) in [6.07, 6.45) is 6.30.